The zero-order chi connectivity index (χ0) is 33.5. The molecule has 8 aromatic carbocycles. The molecule has 238 valence electrons. The summed E-state index contributed by atoms with van der Waals surface area (Å²) in [7, 11) is 0. The summed E-state index contributed by atoms with van der Waals surface area (Å²) in [5.41, 5.74) is 13.6. The minimum atomic E-state index is 0.906. The molecule has 11 aromatic rings. The van der Waals surface area contributed by atoms with Crippen LogP contribution in [0.5, 0.6) is 0 Å². The highest BCUT2D eigenvalue weighted by molar-refractivity contribution is 6.17. The predicted octanol–water partition coefficient (Wildman–Crippen LogP) is 13.1. The molecule has 0 aliphatic heterocycles. The van der Waals surface area contributed by atoms with Crippen LogP contribution in [-0.2, 0) is 0 Å². The summed E-state index contributed by atoms with van der Waals surface area (Å²) in [5.74, 6) is 0. The monoisotopic (exact) mass is 650 g/mol. The lowest BCUT2D eigenvalue weighted by molar-refractivity contribution is 0.669. The third-order valence-corrected chi connectivity index (χ3v) is 10.5. The molecule has 0 aliphatic carbocycles. The van der Waals surface area contributed by atoms with Crippen LogP contribution in [0.4, 0.5) is 0 Å². The van der Waals surface area contributed by atoms with Crippen molar-refractivity contribution in [3.63, 3.8) is 0 Å². The van der Waals surface area contributed by atoms with Gasteiger partial charge in [0.05, 0.1) is 22.1 Å². The van der Waals surface area contributed by atoms with Gasteiger partial charge in [-0.3, -0.25) is 0 Å². The Hall–Kier alpha value is -6.84. The fourth-order valence-corrected chi connectivity index (χ4v) is 8.26. The second kappa shape index (κ2) is 10.8. The lowest BCUT2D eigenvalue weighted by Crippen LogP contribution is -1.95. The van der Waals surface area contributed by atoms with Crippen molar-refractivity contribution >= 4 is 65.6 Å². The first-order valence-corrected chi connectivity index (χ1v) is 17.4. The highest BCUT2D eigenvalue weighted by Gasteiger charge is 2.18. The quantitative estimate of drug-likeness (QED) is 0.186. The molecule has 0 bridgehead atoms. The van der Waals surface area contributed by atoms with E-state index in [-0.39, 0.29) is 0 Å². The van der Waals surface area contributed by atoms with Crippen LogP contribution in [0.2, 0.25) is 0 Å². The number of rotatable bonds is 4. The lowest BCUT2D eigenvalue weighted by atomic mass is 9.98. The standard InChI is InChI=1S/C48H30N2O/c1-2-13-34(14-3-1)49-43-21-8-5-18-41(43)48-36(19-11-22-44(48)49)33-25-26-38-37-16-4-7-20-42(37)50(45(38)29-33)35-15-10-12-31(28-35)32-24-27-40-39-17-6-9-23-46(39)51-47(40)30-32/h1-30H. The van der Waals surface area contributed by atoms with Crippen LogP contribution in [0.3, 0.4) is 0 Å². The number of furan rings is 1. The number of hydrogen-bond donors (Lipinski definition) is 0. The molecule has 3 nitrogen and oxygen atoms in total. The van der Waals surface area contributed by atoms with Gasteiger partial charge >= 0.3 is 0 Å². The largest absolute Gasteiger partial charge is 0.456 e. The van der Waals surface area contributed by atoms with Gasteiger partial charge in [0.25, 0.3) is 0 Å². The molecule has 0 atom stereocenters. The number of aromatic nitrogens is 2. The first-order valence-electron chi connectivity index (χ1n) is 17.4. The summed E-state index contributed by atoms with van der Waals surface area (Å²) in [6.45, 7) is 0. The zero-order valence-electron chi connectivity index (χ0n) is 27.6. The van der Waals surface area contributed by atoms with Crippen molar-refractivity contribution in [2.45, 2.75) is 0 Å². The molecule has 3 heterocycles. The fourth-order valence-electron chi connectivity index (χ4n) is 8.26. The average molecular weight is 651 g/mol. The maximum Gasteiger partial charge on any atom is 0.136 e. The van der Waals surface area contributed by atoms with Gasteiger partial charge in [-0.15, -0.1) is 0 Å². The summed E-state index contributed by atoms with van der Waals surface area (Å²) < 4.78 is 11.1. The summed E-state index contributed by atoms with van der Waals surface area (Å²) in [5, 5.41) is 7.29. The molecular formula is C48H30N2O. The van der Waals surface area contributed by atoms with Gasteiger partial charge in [0.2, 0.25) is 0 Å². The molecule has 3 aromatic heterocycles. The van der Waals surface area contributed by atoms with E-state index in [1.54, 1.807) is 0 Å². The Balaban J connectivity index is 1.12. The topological polar surface area (TPSA) is 23.0 Å². The molecule has 0 N–H and O–H groups in total. The van der Waals surface area contributed by atoms with Crippen LogP contribution in [0.25, 0.3) is 99.2 Å². The van der Waals surface area contributed by atoms with Crippen LogP contribution in [-0.4, -0.2) is 9.13 Å². The highest BCUT2D eigenvalue weighted by Crippen LogP contribution is 2.41. The molecule has 51 heavy (non-hydrogen) atoms. The van der Waals surface area contributed by atoms with Gasteiger partial charge in [-0.2, -0.15) is 0 Å². The van der Waals surface area contributed by atoms with Crippen molar-refractivity contribution in [2.24, 2.45) is 0 Å². The number of hydrogen-bond acceptors (Lipinski definition) is 1. The van der Waals surface area contributed by atoms with Gasteiger partial charge in [-0.05, 0) is 89.0 Å². The van der Waals surface area contributed by atoms with Crippen LogP contribution in [0.15, 0.2) is 186 Å². The van der Waals surface area contributed by atoms with Crippen LogP contribution >= 0.6 is 0 Å². The second-order valence-electron chi connectivity index (χ2n) is 13.3. The van der Waals surface area contributed by atoms with Gasteiger partial charge in [-0.25, -0.2) is 0 Å². The molecule has 3 heteroatoms. The Morgan fingerprint density at radius 3 is 1.78 bits per heavy atom. The maximum absolute atomic E-state index is 6.26. The molecule has 0 amide bonds. The lowest BCUT2D eigenvalue weighted by Gasteiger charge is -2.12. The van der Waals surface area contributed by atoms with Crippen molar-refractivity contribution in [1.29, 1.82) is 0 Å². The zero-order valence-corrected chi connectivity index (χ0v) is 27.6. The Kier molecular flexibility index (Phi) is 5.96. The van der Waals surface area contributed by atoms with Crippen molar-refractivity contribution in [3.8, 4) is 33.6 Å². The van der Waals surface area contributed by atoms with Crippen LogP contribution < -0.4 is 0 Å². The summed E-state index contributed by atoms with van der Waals surface area (Å²) in [6, 6.07) is 65.5. The molecule has 0 fully saturated rings. The Labute approximate surface area is 293 Å². The van der Waals surface area contributed by atoms with Crippen molar-refractivity contribution in [2.75, 3.05) is 0 Å². The van der Waals surface area contributed by atoms with E-state index in [0.717, 1.165) is 44.4 Å². The smallest absolute Gasteiger partial charge is 0.136 e. The third-order valence-electron chi connectivity index (χ3n) is 10.5. The minimum Gasteiger partial charge on any atom is -0.456 e. The van der Waals surface area contributed by atoms with E-state index in [1.807, 2.05) is 12.1 Å². The highest BCUT2D eigenvalue weighted by atomic mass is 16.3. The SMILES string of the molecule is c1ccc(-n2c3ccccc3c3c(-c4ccc5c6ccccc6n(-c6cccc(-c7ccc8c(c7)oc7ccccc78)c6)c5c4)cccc32)cc1. The molecule has 0 spiro atoms. The molecule has 0 saturated heterocycles. The van der Waals surface area contributed by atoms with Gasteiger partial charge in [-0.1, -0.05) is 115 Å². The predicted molar refractivity (Wildman–Crippen MR) is 213 cm³/mol. The molecule has 11 rings (SSSR count). The average Bonchev–Trinajstić information content (AvgIpc) is 3.85. The Morgan fingerprint density at radius 2 is 0.902 bits per heavy atom. The van der Waals surface area contributed by atoms with Crippen molar-refractivity contribution in [1.82, 2.24) is 9.13 Å². The number of fused-ring (bicyclic) bond motifs is 9. The maximum atomic E-state index is 6.26. The number of benzene rings is 8. The van der Waals surface area contributed by atoms with Gasteiger partial charge in [0, 0.05) is 43.7 Å². The third kappa shape index (κ3) is 4.19. The molecule has 0 aliphatic rings. The van der Waals surface area contributed by atoms with E-state index >= 15 is 0 Å². The summed E-state index contributed by atoms with van der Waals surface area (Å²) in [4.78, 5) is 0. The molecule has 0 saturated carbocycles. The van der Waals surface area contributed by atoms with Crippen LogP contribution in [0.1, 0.15) is 0 Å². The van der Waals surface area contributed by atoms with Gasteiger partial charge < -0.3 is 13.6 Å². The van der Waals surface area contributed by atoms with E-state index in [4.69, 9.17) is 4.42 Å². The molecule has 0 radical (unpaired) electrons. The van der Waals surface area contributed by atoms with E-state index < -0.39 is 0 Å². The molecule has 0 unspecified atom stereocenters. The number of nitrogens with zero attached hydrogens (tertiary/aromatic N) is 2. The van der Waals surface area contributed by atoms with E-state index in [1.165, 1.54) is 54.7 Å². The van der Waals surface area contributed by atoms with Crippen molar-refractivity contribution in [3.05, 3.63) is 182 Å². The molecular weight excluding hydrogens is 621 g/mol. The normalized spacial score (nSPS) is 11.9. The summed E-state index contributed by atoms with van der Waals surface area (Å²) in [6.07, 6.45) is 0. The van der Waals surface area contributed by atoms with Crippen molar-refractivity contribution < 1.29 is 4.42 Å². The Morgan fingerprint density at radius 1 is 0.314 bits per heavy atom. The van der Waals surface area contributed by atoms with E-state index in [9.17, 15) is 0 Å². The minimum absolute atomic E-state index is 0.906. The number of para-hydroxylation sites is 4. The second-order valence-corrected chi connectivity index (χ2v) is 13.3. The van der Waals surface area contributed by atoms with Gasteiger partial charge in [0.15, 0.2) is 0 Å². The van der Waals surface area contributed by atoms with E-state index in [2.05, 4.69) is 179 Å². The van der Waals surface area contributed by atoms with Gasteiger partial charge in [0.1, 0.15) is 11.2 Å². The Bertz CT molecular complexity index is 3140. The summed E-state index contributed by atoms with van der Waals surface area (Å²) >= 11 is 0. The fraction of sp³-hybridized carbons (Fsp3) is 0. The first-order chi connectivity index (χ1) is 25.3. The van der Waals surface area contributed by atoms with E-state index in [0.29, 0.717) is 0 Å². The first kappa shape index (κ1) is 28.0. The van der Waals surface area contributed by atoms with Crippen LogP contribution in [0, 0.1) is 0 Å².